The van der Waals surface area contributed by atoms with Gasteiger partial charge in [0.1, 0.15) is 0 Å². The van der Waals surface area contributed by atoms with Crippen LogP contribution in [-0.4, -0.2) is 24.5 Å². The van der Waals surface area contributed by atoms with E-state index in [4.69, 9.17) is 16.2 Å². The third-order valence-electron chi connectivity index (χ3n) is 2.50. The van der Waals surface area contributed by atoms with Gasteiger partial charge in [0, 0.05) is 6.42 Å². The summed E-state index contributed by atoms with van der Waals surface area (Å²) in [6.07, 6.45) is 4.40. The summed E-state index contributed by atoms with van der Waals surface area (Å²) in [6.45, 7) is 2.64. The Morgan fingerprint density at radius 1 is 1.18 bits per heavy atom. The first-order chi connectivity index (χ1) is 8.11. The van der Waals surface area contributed by atoms with Crippen LogP contribution in [0.1, 0.15) is 51.9 Å². The first-order valence-corrected chi connectivity index (χ1v) is 6.30. The Bertz CT molecular complexity index is 232. The van der Waals surface area contributed by atoms with Gasteiger partial charge >= 0.3 is 5.97 Å². The zero-order valence-electron chi connectivity index (χ0n) is 10.6. The Balaban J connectivity index is 3.83. The van der Waals surface area contributed by atoms with E-state index in [0.29, 0.717) is 19.4 Å². The Labute approximate surface area is 103 Å². The number of ether oxygens (including phenoxy) is 1. The van der Waals surface area contributed by atoms with Gasteiger partial charge in [0.2, 0.25) is 0 Å². The molecule has 0 aromatic carbocycles. The molecule has 1 amide bonds. The van der Waals surface area contributed by atoms with Crippen molar-refractivity contribution in [2.24, 2.45) is 11.5 Å². The van der Waals surface area contributed by atoms with Crippen LogP contribution in [0.2, 0.25) is 0 Å². The molecule has 17 heavy (non-hydrogen) atoms. The van der Waals surface area contributed by atoms with E-state index in [1.165, 1.54) is 0 Å². The highest BCUT2D eigenvalue weighted by molar-refractivity contribution is 5.82. The third-order valence-corrected chi connectivity index (χ3v) is 2.50. The highest BCUT2D eigenvalue weighted by Crippen LogP contribution is 2.08. The molecule has 0 aliphatic carbocycles. The van der Waals surface area contributed by atoms with Gasteiger partial charge in [-0.2, -0.15) is 0 Å². The van der Waals surface area contributed by atoms with Crippen molar-refractivity contribution in [3.8, 4) is 0 Å². The molecule has 0 aromatic heterocycles. The normalized spacial score (nSPS) is 12.1. The van der Waals surface area contributed by atoms with Gasteiger partial charge in [0.05, 0.1) is 0 Å². The molecule has 5 nitrogen and oxygen atoms in total. The number of hydrogen-bond donors (Lipinski definition) is 2. The minimum absolute atomic E-state index is 0.329. The van der Waals surface area contributed by atoms with Crippen LogP contribution in [-0.2, 0) is 14.3 Å². The largest absolute Gasteiger partial charge is 0.452 e. The monoisotopic (exact) mass is 244 g/mol. The average Bonchev–Trinajstić information content (AvgIpc) is 2.29. The van der Waals surface area contributed by atoms with Crippen molar-refractivity contribution in [2.45, 2.75) is 58.0 Å². The second-order valence-corrected chi connectivity index (χ2v) is 4.12. The van der Waals surface area contributed by atoms with Gasteiger partial charge in [0.15, 0.2) is 6.10 Å². The molecular formula is C12H24N2O3. The second kappa shape index (κ2) is 10.1. The van der Waals surface area contributed by atoms with Crippen molar-refractivity contribution in [3.05, 3.63) is 0 Å². The van der Waals surface area contributed by atoms with Gasteiger partial charge in [0.25, 0.3) is 5.91 Å². The first-order valence-electron chi connectivity index (χ1n) is 6.30. The Morgan fingerprint density at radius 2 is 1.88 bits per heavy atom. The molecule has 0 aliphatic heterocycles. The zero-order valence-corrected chi connectivity index (χ0v) is 10.6. The van der Waals surface area contributed by atoms with E-state index >= 15 is 0 Å². The lowest BCUT2D eigenvalue weighted by molar-refractivity contribution is -0.155. The van der Waals surface area contributed by atoms with Crippen molar-refractivity contribution in [1.82, 2.24) is 0 Å². The summed E-state index contributed by atoms with van der Waals surface area (Å²) in [6, 6.07) is 0. The number of primary amides is 1. The number of carbonyl (C=O) groups excluding carboxylic acids is 2. The molecule has 5 heteroatoms. The predicted octanol–water partition coefficient (Wildman–Crippen LogP) is 1.09. The van der Waals surface area contributed by atoms with Crippen LogP contribution in [0.5, 0.6) is 0 Å². The van der Waals surface area contributed by atoms with E-state index in [1.54, 1.807) is 0 Å². The van der Waals surface area contributed by atoms with Crippen molar-refractivity contribution in [1.29, 1.82) is 0 Å². The molecule has 0 aliphatic rings. The number of amides is 1. The van der Waals surface area contributed by atoms with Crippen molar-refractivity contribution < 1.29 is 14.3 Å². The molecule has 0 rings (SSSR count). The lowest BCUT2D eigenvalue weighted by atomic mass is 10.1. The maximum absolute atomic E-state index is 11.4. The first kappa shape index (κ1) is 15.9. The van der Waals surface area contributed by atoms with E-state index in [9.17, 15) is 9.59 Å². The molecule has 0 spiro atoms. The van der Waals surface area contributed by atoms with Gasteiger partial charge < -0.3 is 16.2 Å². The number of esters is 1. The number of unbranched alkanes of at least 4 members (excludes halogenated alkanes) is 3. The van der Waals surface area contributed by atoms with Crippen LogP contribution >= 0.6 is 0 Å². The second-order valence-electron chi connectivity index (χ2n) is 4.12. The standard InChI is InChI=1S/C12H24N2O3/c1-2-3-7-10(12(14)16)17-11(15)8-5-4-6-9-13/h10H,2-9,13H2,1H3,(H2,14,16). The minimum Gasteiger partial charge on any atom is -0.452 e. The maximum Gasteiger partial charge on any atom is 0.306 e. The van der Waals surface area contributed by atoms with Gasteiger partial charge in [-0.1, -0.05) is 19.8 Å². The zero-order chi connectivity index (χ0) is 13.1. The molecular weight excluding hydrogens is 220 g/mol. The van der Waals surface area contributed by atoms with E-state index < -0.39 is 12.0 Å². The molecule has 0 heterocycles. The minimum atomic E-state index is -0.767. The lowest BCUT2D eigenvalue weighted by Crippen LogP contribution is -2.33. The van der Waals surface area contributed by atoms with Crippen LogP contribution in [0, 0.1) is 0 Å². The Morgan fingerprint density at radius 3 is 2.41 bits per heavy atom. The molecule has 0 fully saturated rings. The third kappa shape index (κ3) is 8.68. The molecule has 0 radical (unpaired) electrons. The number of carbonyl (C=O) groups is 2. The Kier molecular flexibility index (Phi) is 9.43. The SMILES string of the molecule is CCCCC(OC(=O)CCCCCN)C(N)=O. The summed E-state index contributed by atoms with van der Waals surface area (Å²) in [5.74, 6) is -0.907. The van der Waals surface area contributed by atoms with Crippen LogP contribution in [0.15, 0.2) is 0 Å². The van der Waals surface area contributed by atoms with Crippen LogP contribution in [0.3, 0.4) is 0 Å². The van der Waals surface area contributed by atoms with Gasteiger partial charge in [-0.05, 0) is 32.2 Å². The number of nitrogens with two attached hydrogens (primary N) is 2. The number of hydrogen-bond acceptors (Lipinski definition) is 4. The number of rotatable bonds is 10. The van der Waals surface area contributed by atoms with E-state index in [2.05, 4.69) is 0 Å². The summed E-state index contributed by atoms with van der Waals surface area (Å²) < 4.78 is 5.05. The molecule has 0 saturated heterocycles. The molecule has 0 saturated carbocycles. The van der Waals surface area contributed by atoms with Crippen LogP contribution < -0.4 is 11.5 Å². The molecule has 4 N–H and O–H groups in total. The van der Waals surface area contributed by atoms with Crippen molar-refractivity contribution in [3.63, 3.8) is 0 Å². The summed E-state index contributed by atoms with van der Waals surface area (Å²) in [7, 11) is 0. The van der Waals surface area contributed by atoms with Gasteiger partial charge in [-0.3, -0.25) is 9.59 Å². The summed E-state index contributed by atoms with van der Waals surface area (Å²) in [4.78, 5) is 22.5. The van der Waals surface area contributed by atoms with Crippen LogP contribution in [0.4, 0.5) is 0 Å². The van der Waals surface area contributed by atoms with E-state index in [1.807, 2.05) is 6.92 Å². The molecule has 100 valence electrons. The summed E-state index contributed by atoms with van der Waals surface area (Å²) in [5, 5.41) is 0. The smallest absolute Gasteiger partial charge is 0.306 e. The highest BCUT2D eigenvalue weighted by atomic mass is 16.5. The van der Waals surface area contributed by atoms with Gasteiger partial charge in [-0.25, -0.2) is 0 Å². The fourth-order valence-corrected chi connectivity index (χ4v) is 1.46. The van der Waals surface area contributed by atoms with E-state index in [0.717, 1.165) is 32.1 Å². The molecule has 0 bridgehead atoms. The maximum atomic E-state index is 11.4. The van der Waals surface area contributed by atoms with Crippen LogP contribution in [0.25, 0.3) is 0 Å². The lowest BCUT2D eigenvalue weighted by Gasteiger charge is -2.14. The molecule has 1 unspecified atom stereocenters. The average molecular weight is 244 g/mol. The summed E-state index contributed by atoms with van der Waals surface area (Å²) in [5.41, 5.74) is 10.5. The Hall–Kier alpha value is -1.10. The quantitative estimate of drug-likeness (QED) is 0.444. The highest BCUT2D eigenvalue weighted by Gasteiger charge is 2.19. The topological polar surface area (TPSA) is 95.4 Å². The predicted molar refractivity (Wildman–Crippen MR) is 66.1 cm³/mol. The van der Waals surface area contributed by atoms with Gasteiger partial charge in [-0.15, -0.1) is 0 Å². The van der Waals surface area contributed by atoms with Crippen molar-refractivity contribution >= 4 is 11.9 Å². The van der Waals surface area contributed by atoms with Crippen molar-refractivity contribution in [2.75, 3.05) is 6.54 Å². The van der Waals surface area contributed by atoms with E-state index in [-0.39, 0.29) is 5.97 Å². The fourth-order valence-electron chi connectivity index (χ4n) is 1.46. The fraction of sp³-hybridized carbons (Fsp3) is 0.833. The molecule has 0 aromatic rings. The summed E-state index contributed by atoms with van der Waals surface area (Å²) >= 11 is 0. The molecule has 1 atom stereocenters.